The highest BCUT2D eigenvalue weighted by Gasteiger charge is 2.37. The molecule has 4 nitrogen and oxygen atoms in total. The van der Waals surface area contributed by atoms with Gasteiger partial charge in [0, 0.05) is 10.5 Å². The van der Waals surface area contributed by atoms with Gasteiger partial charge >= 0.3 is 11.9 Å². The van der Waals surface area contributed by atoms with Gasteiger partial charge in [-0.1, -0.05) is 26.0 Å². The predicted octanol–water partition coefficient (Wildman–Crippen LogP) is 4.00. The van der Waals surface area contributed by atoms with Crippen molar-refractivity contribution in [2.45, 2.75) is 46.0 Å². The van der Waals surface area contributed by atoms with E-state index in [1.807, 2.05) is 38.1 Å². The number of hydrogen-bond donors (Lipinski definition) is 1. The Labute approximate surface area is 145 Å². The van der Waals surface area contributed by atoms with Crippen LogP contribution in [0.15, 0.2) is 24.3 Å². The second-order valence-electron chi connectivity index (χ2n) is 6.59. The summed E-state index contributed by atoms with van der Waals surface area (Å²) in [6.45, 7) is 7.39. The van der Waals surface area contributed by atoms with Crippen molar-refractivity contribution in [3.05, 3.63) is 33.4 Å². The molecule has 1 aromatic rings. The van der Waals surface area contributed by atoms with Crippen LogP contribution in [-0.4, -0.2) is 23.7 Å². The van der Waals surface area contributed by atoms with Crippen LogP contribution in [0, 0.1) is 8.99 Å². The Hall–Kier alpha value is -1.11. The van der Waals surface area contributed by atoms with Gasteiger partial charge in [-0.2, -0.15) is 0 Å². The Morgan fingerprint density at radius 1 is 1.23 bits per heavy atom. The van der Waals surface area contributed by atoms with Crippen LogP contribution >= 0.6 is 22.6 Å². The molecule has 5 heteroatoms. The molecule has 0 saturated heterocycles. The van der Waals surface area contributed by atoms with E-state index < -0.39 is 11.4 Å². The van der Waals surface area contributed by atoms with E-state index in [1.54, 1.807) is 6.92 Å². The average Bonchev–Trinajstić information content (AvgIpc) is 2.42. The van der Waals surface area contributed by atoms with Crippen molar-refractivity contribution in [2.75, 3.05) is 6.61 Å². The van der Waals surface area contributed by atoms with Crippen molar-refractivity contribution in [1.82, 2.24) is 0 Å². The number of aliphatic carboxylic acids is 1. The summed E-state index contributed by atoms with van der Waals surface area (Å²) in [6, 6.07) is 7.59. The highest BCUT2D eigenvalue weighted by Crippen LogP contribution is 2.35. The van der Waals surface area contributed by atoms with Gasteiger partial charge in [-0.05, 0) is 65.5 Å². The molecule has 0 bridgehead atoms. The highest BCUT2D eigenvalue weighted by molar-refractivity contribution is 14.1. The van der Waals surface area contributed by atoms with Crippen LogP contribution in [0.3, 0.4) is 0 Å². The predicted molar refractivity (Wildman–Crippen MR) is 93.8 cm³/mol. The topological polar surface area (TPSA) is 63.6 Å². The maximum atomic E-state index is 11.8. The standard InChI is InChI=1S/C17H23IO4/c1-12(19)22-11-16(2,3)8-9-17(4,15(20)21)13-6-5-7-14(18)10-13/h5-7,10H,8-9,11H2,1-4H3,(H,20,21). The van der Waals surface area contributed by atoms with Gasteiger partial charge in [0.15, 0.2) is 0 Å². The summed E-state index contributed by atoms with van der Waals surface area (Å²) in [7, 11) is 0. The van der Waals surface area contributed by atoms with Crippen LogP contribution in [0.25, 0.3) is 0 Å². The van der Waals surface area contributed by atoms with Crippen LogP contribution in [0.5, 0.6) is 0 Å². The lowest BCUT2D eigenvalue weighted by Gasteiger charge is -2.31. The van der Waals surface area contributed by atoms with Gasteiger partial charge in [0.1, 0.15) is 0 Å². The van der Waals surface area contributed by atoms with Gasteiger partial charge in [-0.3, -0.25) is 9.59 Å². The molecular formula is C17H23IO4. The van der Waals surface area contributed by atoms with E-state index in [-0.39, 0.29) is 11.4 Å². The molecule has 1 aromatic carbocycles. The molecule has 1 atom stereocenters. The van der Waals surface area contributed by atoms with Crippen LogP contribution in [0.4, 0.5) is 0 Å². The molecule has 0 aliphatic rings. The SMILES string of the molecule is CC(=O)OCC(C)(C)CCC(C)(C(=O)O)c1cccc(I)c1. The number of carboxylic acids is 1. The molecule has 22 heavy (non-hydrogen) atoms. The van der Waals surface area contributed by atoms with E-state index in [0.717, 1.165) is 9.13 Å². The van der Waals surface area contributed by atoms with Crippen molar-refractivity contribution in [2.24, 2.45) is 5.41 Å². The number of carbonyl (C=O) groups excluding carboxylic acids is 1. The van der Waals surface area contributed by atoms with Gasteiger partial charge in [0.05, 0.1) is 12.0 Å². The molecule has 0 spiro atoms. The Kier molecular flexibility index (Phi) is 6.40. The summed E-state index contributed by atoms with van der Waals surface area (Å²) in [5.41, 5.74) is -0.408. The third-order valence-corrected chi connectivity index (χ3v) is 4.57. The van der Waals surface area contributed by atoms with Gasteiger partial charge in [-0.25, -0.2) is 0 Å². The van der Waals surface area contributed by atoms with Gasteiger partial charge in [0.2, 0.25) is 0 Å². The first-order valence-corrected chi connectivity index (χ1v) is 8.27. The first-order chi connectivity index (χ1) is 10.1. The minimum atomic E-state index is -0.950. The van der Waals surface area contributed by atoms with Crippen molar-refractivity contribution in [3.8, 4) is 0 Å². The fourth-order valence-corrected chi connectivity index (χ4v) is 2.71. The Bertz CT molecular complexity index is 553. The molecule has 0 aliphatic carbocycles. The van der Waals surface area contributed by atoms with E-state index in [2.05, 4.69) is 22.6 Å². The Balaban J connectivity index is 2.89. The zero-order valence-corrected chi connectivity index (χ0v) is 15.6. The minimum absolute atomic E-state index is 0.260. The van der Waals surface area contributed by atoms with E-state index in [9.17, 15) is 14.7 Å². The monoisotopic (exact) mass is 418 g/mol. The molecule has 0 radical (unpaired) electrons. The van der Waals surface area contributed by atoms with E-state index >= 15 is 0 Å². The fraction of sp³-hybridized carbons (Fsp3) is 0.529. The lowest BCUT2D eigenvalue weighted by Crippen LogP contribution is -2.35. The lowest BCUT2D eigenvalue weighted by atomic mass is 9.74. The van der Waals surface area contributed by atoms with E-state index in [1.165, 1.54) is 6.92 Å². The molecule has 0 aliphatic heterocycles. The van der Waals surface area contributed by atoms with Gasteiger partial charge in [0.25, 0.3) is 0 Å². The molecule has 0 heterocycles. The van der Waals surface area contributed by atoms with Crippen LogP contribution in [0.1, 0.15) is 46.1 Å². The molecule has 0 saturated carbocycles. The number of halogens is 1. The van der Waals surface area contributed by atoms with E-state index in [4.69, 9.17) is 4.74 Å². The summed E-state index contributed by atoms with van der Waals surface area (Å²) < 4.78 is 6.09. The maximum absolute atomic E-state index is 11.8. The van der Waals surface area contributed by atoms with Crippen LogP contribution < -0.4 is 0 Å². The minimum Gasteiger partial charge on any atom is -0.481 e. The van der Waals surface area contributed by atoms with Gasteiger partial charge < -0.3 is 9.84 Å². The number of carboxylic acid groups (broad SMARTS) is 1. The second-order valence-corrected chi connectivity index (χ2v) is 7.84. The third-order valence-electron chi connectivity index (χ3n) is 3.90. The zero-order valence-electron chi connectivity index (χ0n) is 13.5. The van der Waals surface area contributed by atoms with Gasteiger partial charge in [-0.15, -0.1) is 0 Å². The summed E-state index contributed by atoms with van der Waals surface area (Å²) in [5, 5.41) is 9.70. The number of ether oxygens (including phenoxy) is 1. The molecule has 1 N–H and O–H groups in total. The Morgan fingerprint density at radius 3 is 2.36 bits per heavy atom. The molecule has 122 valence electrons. The number of rotatable bonds is 7. The van der Waals surface area contributed by atoms with Crippen LogP contribution in [-0.2, 0) is 19.7 Å². The summed E-state index contributed by atoms with van der Waals surface area (Å²) in [4.78, 5) is 22.8. The maximum Gasteiger partial charge on any atom is 0.313 e. The molecule has 1 rings (SSSR count). The highest BCUT2D eigenvalue weighted by atomic mass is 127. The summed E-state index contributed by atoms with van der Waals surface area (Å²) >= 11 is 2.18. The smallest absolute Gasteiger partial charge is 0.313 e. The third kappa shape index (κ3) is 5.26. The molecule has 0 aromatic heterocycles. The summed E-state index contributed by atoms with van der Waals surface area (Å²) in [6.07, 6.45) is 1.13. The number of hydrogen-bond acceptors (Lipinski definition) is 3. The average molecular weight is 418 g/mol. The number of carbonyl (C=O) groups is 2. The van der Waals surface area contributed by atoms with Crippen molar-refractivity contribution >= 4 is 34.5 Å². The van der Waals surface area contributed by atoms with Crippen molar-refractivity contribution in [1.29, 1.82) is 0 Å². The molecule has 1 unspecified atom stereocenters. The Morgan fingerprint density at radius 2 is 1.86 bits per heavy atom. The zero-order chi connectivity index (χ0) is 17.0. The first kappa shape index (κ1) is 18.9. The quantitative estimate of drug-likeness (QED) is 0.537. The molecule has 0 amide bonds. The second kappa shape index (κ2) is 7.44. The lowest BCUT2D eigenvalue weighted by molar-refractivity contribution is -0.146. The van der Waals surface area contributed by atoms with E-state index in [0.29, 0.717) is 19.4 Å². The van der Waals surface area contributed by atoms with Crippen molar-refractivity contribution in [3.63, 3.8) is 0 Å². The molecular weight excluding hydrogens is 395 g/mol. The fourth-order valence-electron chi connectivity index (χ4n) is 2.16. The molecule has 0 fully saturated rings. The van der Waals surface area contributed by atoms with Crippen molar-refractivity contribution < 1.29 is 19.4 Å². The summed E-state index contributed by atoms with van der Waals surface area (Å²) in [5.74, 6) is -1.15. The van der Waals surface area contributed by atoms with Crippen LogP contribution in [0.2, 0.25) is 0 Å². The largest absolute Gasteiger partial charge is 0.481 e. The first-order valence-electron chi connectivity index (χ1n) is 7.20. The normalized spacial score (nSPS) is 14.2. The number of benzene rings is 1. The number of esters is 1.